The van der Waals surface area contributed by atoms with Gasteiger partial charge in [-0.15, -0.1) is 0 Å². The third-order valence-electron chi connectivity index (χ3n) is 5.37. The van der Waals surface area contributed by atoms with Crippen LogP contribution in [-0.4, -0.2) is 52.5 Å². The van der Waals surface area contributed by atoms with Gasteiger partial charge in [0.2, 0.25) is 17.7 Å². The van der Waals surface area contributed by atoms with Crippen LogP contribution < -0.4 is 10.6 Å². The smallest absolute Gasteiger partial charge is 0.241 e. The van der Waals surface area contributed by atoms with E-state index in [-0.39, 0.29) is 36.1 Å². The summed E-state index contributed by atoms with van der Waals surface area (Å²) in [5.41, 5.74) is 0.586. The topological polar surface area (TPSA) is 96.3 Å². The molecule has 1 aromatic heterocycles. The number of rotatable bonds is 5. The van der Waals surface area contributed by atoms with Gasteiger partial charge in [0.15, 0.2) is 0 Å². The second kappa shape index (κ2) is 8.33. The zero-order valence-electron chi connectivity index (χ0n) is 15.2. The van der Waals surface area contributed by atoms with Crippen molar-refractivity contribution >= 4 is 23.4 Å². The van der Waals surface area contributed by atoms with Gasteiger partial charge in [0.25, 0.3) is 0 Å². The van der Waals surface area contributed by atoms with Gasteiger partial charge in [-0.05, 0) is 25.7 Å². The number of nitrogens with one attached hydrogen (secondary N) is 2. The molecule has 1 aliphatic heterocycles. The second-order valence-corrected chi connectivity index (χ2v) is 7.17. The molecule has 2 fully saturated rings. The van der Waals surface area contributed by atoms with Gasteiger partial charge in [0, 0.05) is 38.2 Å². The summed E-state index contributed by atoms with van der Waals surface area (Å²) in [6.45, 7) is 1.43. The van der Waals surface area contributed by atoms with E-state index in [9.17, 15) is 14.4 Å². The monoisotopic (exact) mass is 361 g/mol. The molecule has 2 aliphatic rings. The summed E-state index contributed by atoms with van der Waals surface area (Å²) in [6, 6.07) is 0. The zero-order valence-corrected chi connectivity index (χ0v) is 15.2. The van der Waals surface area contributed by atoms with Crippen molar-refractivity contribution in [3.05, 3.63) is 12.4 Å². The van der Waals surface area contributed by atoms with Gasteiger partial charge in [-0.2, -0.15) is 5.10 Å². The van der Waals surface area contributed by atoms with E-state index < -0.39 is 0 Å². The maximum Gasteiger partial charge on any atom is 0.241 e. The van der Waals surface area contributed by atoms with Gasteiger partial charge >= 0.3 is 0 Å². The Morgan fingerprint density at radius 2 is 1.81 bits per heavy atom. The minimum atomic E-state index is -0.148. The molecule has 2 N–H and O–H groups in total. The number of hydrogen-bond acceptors (Lipinski definition) is 4. The predicted octanol–water partition coefficient (Wildman–Crippen LogP) is 0.996. The van der Waals surface area contributed by atoms with E-state index in [0.717, 1.165) is 25.7 Å². The summed E-state index contributed by atoms with van der Waals surface area (Å²) < 4.78 is 1.48. The van der Waals surface area contributed by atoms with E-state index in [1.54, 1.807) is 19.4 Å². The first-order chi connectivity index (χ1) is 12.6. The highest BCUT2D eigenvalue weighted by Gasteiger charge is 2.32. The van der Waals surface area contributed by atoms with Crippen LogP contribution in [0.4, 0.5) is 5.69 Å². The molecule has 26 heavy (non-hydrogen) atoms. The van der Waals surface area contributed by atoms with Crippen molar-refractivity contribution in [1.29, 1.82) is 0 Å². The Morgan fingerprint density at radius 1 is 1.12 bits per heavy atom. The number of likely N-dealkylation sites (tertiary alicyclic amines) is 1. The van der Waals surface area contributed by atoms with Crippen LogP contribution in [0, 0.1) is 11.8 Å². The van der Waals surface area contributed by atoms with E-state index in [1.807, 2.05) is 4.90 Å². The molecule has 8 nitrogen and oxygen atoms in total. The van der Waals surface area contributed by atoms with Crippen LogP contribution in [0.5, 0.6) is 0 Å². The van der Waals surface area contributed by atoms with Gasteiger partial charge in [0.1, 0.15) is 6.54 Å². The Labute approximate surface area is 153 Å². The lowest BCUT2D eigenvalue weighted by Gasteiger charge is -2.33. The number of amides is 3. The molecule has 0 unspecified atom stereocenters. The average molecular weight is 361 g/mol. The molecule has 0 aromatic carbocycles. The zero-order chi connectivity index (χ0) is 18.5. The van der Waals surface area contributed by atoms with E-state index in [2.05, 4.69) is 15.7 Å². The third kappa shape index (κ3) is 4.42. The lowest BCUT2D eigenvalue weighted by atomic mass is 9.94. The molecule has 1 saturated carbocycles. The van der Waals surface area contributed by atoms with Gasteiger partial charge < -0.3 is 15.5 Å². The van der Waals surface area contributed by atoms with E-state index >= 15 is 0 Å². The molecule has 0 bridgehead atoms. The lowest BCUT2D eigenvalue weighted by molar-refractivity contribution is -0.138. The van der Waals surface area contributed by atoms with Crippen molar-refractivity contribution in [1.82, 2.24) is 20.0 Å². The van der Waals surface area contributed by atoms with E-state index in [4.69, 9.17) is 0 Å². The fraction of sp³-hybridized carbons (Fsp3) is 0.667. The molecule has 0 spiro atoms. The minimum Gasteiger partial charge on any atom is -0.358 e. The Hall–Kier alpha value is -2.38. The van der Waals surface area contributed by atoms with Crippen molar-refractivity contribution in [3.8, 4) is 0 Å². The SMILES string of the molecule is CNC(=O)Cn1cc(NC(=O)C2CCN(C(=O)C3CCCC3)CC2)cn1. The summed E-state index contributed by atoms with van der Waals surface area (Å²) in [4.78, 5) is 38.2. The molecule has 0 atom stereocenters. The molecule has 8 heteroatoms. The lowest BCUT2D eigenvalue weighted by Crippen LogP contribution is -2.43. The van der Waals surface area contributed by atoms with Crippen LogP contribution >= 0.6 is 0 Å². The van der Waals surface area contributed by atoms with Crippen molar-refractivity contribution in [3.63, 3.8) is 0 Å². The maximum absolute atomic E-state index is 12.5. The second-order valence-electron chi connectivity index (χ2n) is 7.17. The molecule has 0 radical (unpaired) electrons. The van der Waals surface area contributed by atoms with Crippen LogP contribution in [-0.2, 0) is 20.9 Å². The fourth-order valence-corrected chi connectivity index (χ4v) is 3.78. The van der Waals surface area contributed by atoms with Crippen LogP contribution in [0.15, 0.2) is 12.4 Å². The van der Waals surface area contributed by atoms with Crippen molar-refractivity contribution in [2.45, 2.75) is 45.1 Å². The fourth-order valence-electron chi connectivity index (χ4n) is 3.78. The number of likely N-dealkylation sites (N-methyl/N-ethyl adjacent to an activating group) is 1. The molecule has 3 amide bonds. The van der Waals surface area contributed by atoms with Crippen molar-refractivity contribution < 1.29 is 14.4 Å². The summed E-state index contributed by atoms with van der Waals surface area (Å²) in [7, 11) is 1.57. The van der Waals surface area contributed by atoms with Crippen LogP contribution in [0.25, 0.3) is 0 Å². The van der Waals surface area contributed by atoms with Crippen LogP contribution in [0.2, 0.25) is 0 Å². The van der Waals surface area contributed by atoms with Gasteiger partial charge in [0.05, 0.1) is 11.9 Å². The Balaban J connectivity index is 1.46. The summed E-state index contributed by atoms with van der Waals surface area (Å²) in [6.07, 6.45) is 8.91. The third-order valence-corrected chi connectivity index (χ3v) is 5.37. The Bertz CT molecular complexity index is 658. The highest BCUT2D eigenvalue weighted by molar-refractivity contribution is 5.92. The summed E-state index contributed by atoms with van der Waals surface area (Å²) in [5, 5.41) is 9.46. The first kappa shape index (κ1) is 18.4. The standard InChI is InChI=1S/C18H27N5O3/c1-19-16(24)12-23-11-15(10-20-23)21-17(25)13-6-8-22(9-7-13)18(26)14-4-2-3-5-14/h10-11,13-14H,2-9,12H2,1H3,(H,19,24)(H,21,25). The summed E-state index contributed by atoms with van der Waals surface area (Å²) >= 11 is 0. The normalized spacial score (nSPS) is 18.7. The maximum atomic E-state index is 12.5. The van der Waals surface area contributed by atoms with Gasteiger partial charge in [-0.3, -0.25) is 19.1 Å². The number of carbonyl (C=O) groups excluding carboxylic acids is 3. The number of hydrogen-bond donors (Lipinski definition) is 2. The number of piperidine rings is 1. The average Bonchev–Trinajstić information content (AvgIpc) is 3.33. The first-order valence-electron chi connectivity index (χ1n) is 9.39. The van der Waals surface area contributed by atoms with E-state index in [0.29, 0.717) is 31.6 Å². The van der Waals surface area contributed by atoms with Gasteiger partial charge in [-0.1, -0.05) is 12.8 Å². The summed E-state index contributed by atoms with van der Waals surface area (Å²) in [5.74, 6) is 0.191. The molecular formula is C18H27N5O3. The van der Waals surface area contributed by atoms with Crippen molar-refractivity contribution in [2.24, 2.45) is 11.8 Å². The largest absolute Gasteiger partial charge is 0.358 e. The predicted molar refractivity (Wildman–Crippen MR) is 96.2 cm³/mol. The minimum absolute atomic E-state index is 0.0440. The highest BCUT2D eigenvalue weighted by atomic mass is 16.2. The Kier molecular flexibility index (Phi) is 5.90. The molecule has 1 aromatic rings. The molecule has 142 valence electrons. The first-order valence-corrected chi connectivity index (χ1v) is 9.39. The van der Waals surface area contributed by atoms with Gasteiger partial charge in [-0.25, -0.2) is 0 Å². The number of nitrogens with zero attached hydrogens (tertiary/aromatic N) is 3. The van der Waals surface area contributed by atoms with Crippen LogP contribution in [0.3, 0.4) is 0 Å². The highest BCUT2D eigenvalue weighted by Crippen LogP contribution is 2.28. The molecular weight excluding hydrogens is 334 g/mol. The quantitative estimate of drug-likeness (QED) is 0.818. The number of aromatic nitrogens is 2. The molecule has 3 rings (SSSR count). The van der Waals surface area contributed by atoms with Crippen LogP contribution in [0.1, 0.15) is 38.5 Å². The number of anilines is 1. The van der Waals surface area contributed by atoms with E-state index in [1.165, 1.54) is 4.68 Å². The number of carbonyl (C=O) groups is 3. The molecule has 1 aliphatic carbocycles. The molecule has 2 heterocycles. The van der Waals surface area contributed by atoms with Crippen molar-refractivity contribution in [2.75, 3.05) is 25.5 Å². The Morgan fingerprint density at radius 3 is 2.46 bits per heavy atom. The molecule has 1 saturated heterocycles.